The van der Waals surface area contributed by atoms with Crippen molar-refractivity contribution in [1.29, 1.82) is 0 Å². The highest BCUT2D eigenvalue weighted by Crippen LogP contribution is 2.65. The van der Waals surface area contributed by atoms with Gasteiger partial charge in [-0.15, -0.1) is 17.9 Å². The molecule has 3 nitrogen and oxygen atoms in total. The molecule has 0 saturated carbocycles. The van der Waals surface area contributed by atoms with Crippen molar-refractivity contribution < 1.29 is 0 Å². The zero-order chi connectivity index (χ0) is 13.8. The van der Waals surface area contributed by atoms with Gasteiger partial charge >= 0.3 is 0 Å². The number of rotatable bonds is 5. The van der Waals surface area contributed by atoms with Crippen LogP contribution in [0.3, 0.4) is 0 Å². The fourth-order valence-electron chi connectivity index (χ4n) is 1.96. The van der Waals surface area contributed by atoms with Crippen LogP contribution in [0, 0.1) is 0 Å². The molecule has 4 atom stereocenters. The highest BCUT2D eigenvalue weighted by atomic mass is 32.6. The summed E-state index contributed by atoms with van der Waals surface area (Å²) in [4.78, 5) is 16.9. The van der Waals surface area contributed by atoms with Gasteiger partial charge in [0.05, 0.1) is 5.39 Å². The molecule has 0 amide bonds. The third kappa shape index (κ3) is 3.40. The van der Waals surface area contributed by atoms with Crippen LogP contribution >= 0.6 is 33.1 Å². The van der Waals surface area contributed by atoms with E-state index >= 15 is 0 Å². The van der Waals surface area contributed by atoms with E-state index in [0.29, 0.717) is 0 Å². The SMILES string of the molecule is CCCCn1ccc2cncc(P(P)PP)c2c1=O. The van der Waals surface area contributed by atoms with Crippen molar-refractivity contribution >= 4 is 49.2 Å². The molecule has 0 aliphatic rings. The molecule has 2 aromatic heterocycles. The van der Waals surface area contributed by atoms with Crippen LogP contribution in [0.25, 0.3) is 10.8 Å². The predicted octanol–water partition coefficient (Wildman–Crippen LogP) is 3.48. The number of aryl methyl sites for hydroxylation is 1. The van der Waals surface area contributed by atoms with Gasteiger partial charge in [-0.3, -0.25) is 9.78 Å². The molecule has 19 heavy (non-hydrogen) atoms. The Morgan fingerprint density at radius 1 is 1.47 bits per heavy atom. The van der Waals surface area contributed by atoms with E-state index in [2.05, 4.69) is 29.8 Å². The predicted molar refractivity (Wildman–Crippen MR) is 95.2 cm³/mol. The lowest BCUT2D eigenvalue weighted by molar-refractivity contribution is 0.617. The first-order chi connectivity index (χ1) is 9.19. The summed E-state index contributed by atoms with van der Waals surface area (Å²) in [6.45, 7) is 2.93. The molecule has 4 unspecified atom stereocenters. The molecule has 0 bridgehead atoms. The van der Waals surface area contributed by atoms with E-state index in [-0.39, 0.29) is 12.9 Å². The van der Waals surface area contributed by atoms with Gasteiger partial charge in [-0.25, -0.2) is 0 Å². The molecule has 2 rings (SSSR count). The lowest BCUT2D eigenvalue weighted by Crippen LogP contribution is -2.23. The first-order valence-corrected chi connectivity index (χ1v) is 12.8. The van der Waals surface area contributed by atoms with Crippen LogP contribution < -0.4 is 10.9 Å². The third-order valence-electron chi connectivity index (χ3n) is 3.02. The van der Waals surface area contributed by atoms with Gasteiger partial charge in [-0.05, 0) is 19.8 Å². The Morgan fingerprint density at radius 3 is 2.95 bits per heavy atom. The Balaban J connectivity index is 2.61. The van der Waals surface area contributed by atoms with Gasteiger partial charge in [-0.2, -0.15) is 0 Å². The minimum Gasteiger partial charge on any atom is -0.315 e. The summed E-state index contributed by atoms with van der Waals surface area (Å²) in [7, 11) is 5.98. The quantitative estimate of drug-likeness (QED) is 0.787. The Kier molecular flexibility index (Phi) is 5.86. The molecule has 0 aromatic carbocycles. The lowest BCUT2D eigenvalue weighted by atomic mass is 10.2. The summed E-state index contributed by atoms with van der Waals surface area (Å²) >= 11 is 0. The standard InChI is InChI=1S/C12H18N2OP4/c1-2-3-5-14-6-4-9-7-13-8-10(19(17)18-16)11(9)12(14)15/h4,6-8,18H,2-3,5,16-17H2,1H3. The fourth-order valence-corrected chi connectivity index (χ4v) is 5.52. The van der Waals surface area contributed by atoms with Gasteiger partial charge in [-0.1, -0.05) is 21.3 Å². The minimum atomic E-state index is -0.383. The molecule has 102 valence electrons. The molecular formula is C12H18N2OP4. The van der Waals surface area contributed by atoms with Crippen LogP contribution in [-0.2, 0) is 6.54 Å². The first-order valence-electron chi connectivity index (χ1n) is 6.17. The van der Waals surface area contributed by atoms with Crippen LogP contribution in [0.2, 0.25) is 0 Å². The van der Waals surface area contributed by atoms with Gasteiger partial charge in [0.2, 0.25) is 0 Å². The van der Waals surface area contributed by atoms with Gasteiger partial charge in [0, 0.05) is 35.8 Å². The van der Waals surface area contributed by atoms with Gasteiger partial charge in [0.1, 0.15) is 0 Å². The molecule has 0 saturated heterocycles. The first kappa shape index (κ1) is 15.5. The number of fused-ring (bicyclic) bond motifs is 1. The second-order valence-electron chi connectivity index (χ2n) is 4.29. The number of hydrogen-bond acceptors (Lipinski definition) is 2. The largest absolute Gasteiger partial charge is 0.315 e. The van der Waals surface area contributed by atoms with Gasteiger partial charge < -0.3 is 4.57 Å². The van der Waals surface area contributed by atoms with Crippen LogP contribution in [0.5, 0.6) is 0 Å². The Labute approximate surface area is 120 Å². The topological polar surface area (TPSA) is 34.9 Å². The second-order valence-corrected chi connectivity index (χ2v) is 13.4. The van der Waals surface area contributed by atoms with Crippen LogP contribution in [0.4, 0.5) is 0 Å². The van der Waals surface area contributed by atoms with Gasteiger partial charge in [0.25, 0.3) is 5.56 Å². The van der Waals surface area contributed by atoms with Crippen molar-refractivity contribution in [2.45, 2.75) is 26.3 Å². The number of unbranched alkanes of at least 4 members (excludes halogenated alkanes) is 1. The zero-order valence-corrected chi connectivity index (χ0v) is 15.0. The molecule has 0 aliphatic carbocycles. The molecule has 0 aliphatic heterocycles. The Bertz CT molecular complexity index is 629. The number of pyridine rings is 2. The Morgan fingerprint density at radius 2 is 2.26 bits per heavy atom. The lowest BCUT2D eigenvalue weighted by Gasteiger charge is -2.13. The van der Waals surface area contributed by atoms with Crippen molar-refractivity contribution in [1.82, 2.24) is 9.55 Å². The highest BCUT2D eigenvalue weighted by molar-refractivity contribution is 8.63. The van der Waals surface area contributed by atoms with Crippen molar-refractivity contribution in [2.75, 3.05) is 0 Å². The number of nitrogens with zero attached hydrogens (tertiary/aromatic N) is 2. The average Bonchev–Trinajstić information content (AvgIpc) is 2.45. The smallest absolute Gasteiger partial charge is 0.259 e. The summed E-state index contributed by atoms with van der Waals surface area (Å²) in [6, 6.07) is 2.00. The maximum atomic E-state index is 12.6. The van der Waals surface area contributed by atoms with E-state index in [1.165, 1.54) is 0 Å². The van der Waals surface area contributed by atoms with E-state index in [9.17, 15) is 4.79 Å². The molecule has 7 heteroatoms. The highest BCUT2D eigenvalue weighted by Gasteiger charge is 2.12. The van der Waals surface area contributed by atoms with E-state index in [0.717, 1.165) is 43.4 Å². The monoisotopic (exact) mass is 330 g/mol. The van der Waals surface area contributed by atoms with Gasteiger partial charge in [0.15, 0.2) is 0 Å². The Hall–Kier alpha value is 0.0800. The van der Waals surface area contributed by atoms with Crippen LogP contribution in [-0.4, -0.2) is 9.55 Å². The van der Waals surface area contributed by atoms with E-state index in [4.69, 9.17) is 0 Å². The summed E-state index contributed by atoms with van der Waals surface area (Å²) in [5.74, 6) is 0. The maximum Gasteiger partial charge on any atom is 0.259 e. The number of hydrogen-bond donors (Lipinski definition) is 0. The van der Waals surface area contributed by atoms with E-state index < -0.39 is 0 Å². The van der Waals surface area contributed by atoms with Crippen molar-refractivity contribution in [2.24, 2.45) is 0 Å². The molecule has 0 spiro atoms. The minimum absolute atomic E-state index is 0.126. The fraction of sp³-hybridized carbons (Fsp3) is 0.333. The third-order valence-corrected chi connectivity index (χ3v) is 13.1. The van der Waals surface area contributed by atoms with Crippen molar-refractivity contribution in [3.63, 3.8) is 0 Å². The molecular weight excluding hydrogens is 312 g/mol. The van der Waals surface area contributed by atoms with Crippen LogP contribution in [0.1, 0.15) is 19.8 Å². The summed E-state index contributed by atoms with van der Waals surface area (Å²) < 4.78 is 1.83. The van der Waals surface area contributed by atoms with Crippen molar-refractivity contribution in [3.8, 4) is 0 Å². The summed E-state index contributed by atoms with van der Waals surface area (Å²) in [6.07, 6.45) is 7.65. The number of aromatic nitrogens is 2. The summed E-state index contributed by atoms with van der Waals surface area (Å²) in [5.41, 5.74) is 0.126. The second kappa shape index (κ2) is 7.19. The average molecular weight is 330 g/mol. The molecule has 0 radical (unpaired) electrons. The van der Waals surface area contributed by atoms with E-state index in [1.807, 2.05) is 23.0 Å². The normalized spacial score (nSPS) is 13.4. The molecule has 2 aromatic rings. The summed E-state index contributed by atoms with van der Waals surface area (Å²) in [5, 5.41) is 2.90. The molecule has 0 N–H and O–H groups in total. The zero-order valence-electron chi connectivity index (χ0n) is 10.8. The van der Waals surface area contributed by atoms with Crippen molar-refractivity contribution in [3.05, 3.63) is 35.0 Å². The van der Waals surface area contributed by atoms with Crippen LogP contribution in [0.15, 0.2) is 29.5 Å². The maximum absolute atomic E-state index is 12.6. The molecule has 0 fully saturated rings. The van der Waals surface area contributed by atoms with E-state index in [1.54, 1.807) is 6.20 Å². The molecule has 2 heterocycles.